The number of likely N-dealkylation sites (tertiary alicyclic amines) is 1. The fourth-order valence-corrected chi connectivity index (χ4v) is 3.42. The van der Waals surface area contributed by atoms with E-state index in [-0.39, 0.29) is 11.8 Å². The van der Waals surface area contributed by atoms with Gasteiger partial charge >= 0.3 is 0 Å². The number of Topliss-reactive ketones (excluding diaryl/α,β-unsaturated/α-hetero) is 1. The fraction of sp³-hybridized carbons (Fsp3) is 0.562. The number of nitrogens with zero attached hydrogens (tertiary/aromatic N) is 1. The van der Waals surface area contributed by atoms with Crippen LogP contribution < -0.4 is 4.43 Å². The van der Waals surface area contributed by atoms with E-state index < -0.39 is 8.32 Å². The van der Waals surface area contributed by atoms with Crippen LogP contribution in [0.1, 0.15) is 30.1 Å². The van der Waals surface area contributed by atoms with Gasteiger partial charge in [0, 0.05) is 5.56 Å². The third kappa shape index (κ3) is 3.93. The quantitative estimate of drug-likeness (QED) is 0.613. The fourth-order valence-electron chi connectivity index (χ4n) is 2.58. The summed E-state index contributed by atoms with van der Waals surface area (Å²) < 4.78 is 5.91. The lowest BCUT2D eigenvalue weighted by Gasteiger charge is -2.23. The SMILES string of the molecule is CC(C(=O)c1ccc(O[Si](C)(C)C)cc1)N1CCCC1. The van der Waals surface area contributed by atoms with Crippen LogP contribution in [0.25, 0.3) is 0 Å². The average molecular weight is 291 g/mol. The first kappa shape index (κ1) is 15.3. The van der Waals surface area contributed by atoms with E-state index in [2.05, 4.69) is 24.5 Å². The second kappa shape index (κ2) is 6.10. The summed E-state index contributed by atoms with van der Waals surface area (Å²) in [6.45, 7) is 10.6. The van der Waals surface area contributed by atoms with Gasteiger partial charge in [0.25, 0.3) is 0 Å². The highest BCUT2D eigenvalue weighted by Gasteiger charge is 2.25. The maximum Gasteiger partial charge on any atom is 0.242 e. The zero-order valence-electron chi connectivity index (χ0n) is 13.0. The van der Waals surface area contributed by atoms with Gasteiger partial charge in [-0.25, -0.2) is 0 Å². The van der Waals surface area contributed by atoms with Crippen LogP contribution in [0.3, 0.4) is 0 Å². The molecule has 0 saturated carbocycles. The van der Waals surface area contributed by atoms with E-state index in [4.69, 9.17) is 4.43 Å². The zero-order chi connectivity index (χ0) is 14.8. The highest BCUT2D eigenvalue weighted by atomic mass is 28.4. The van der Waals surface area contributed by atoms with Crippen LogP contribution in [0.15, 0.2) is 24.3 Å². The molecule has 2 rings (SSSR count). The summed E-state index contributed by atoms with van der Waals surface area (Å²) in [6.07, 6.45) is 2.42. The van der Waals surface area contributed by atoms with Crippen LogP contribution in [0.4, 0.5) is 0 Å². The Labute approximate surface area is 123 Å². The van der Waals surface area contributed by atoms with Crippen LogP contribution in [0, 0.1) is 0 Å². The van der Waals surface area contributed by atoms with Crippen molar-refractivity contribution in [3.05, 3.63) is 29.8 Å². The first-order valence-corrected chi connectivity index (χ1v) is 10.8. The van der Waals surface area contributed by atoms with Gasteiger partial charge in [-0.15, -0.1) is 0 Å². The lowest BCUT2D eigenvalue weighted by molar-refractivity contribution is 0.0867. The van der Waals surface area contributed by atoms with E-state index in [0.29, 0.717) is 0 Å². The summed E-state index contributed by atoms with van der Waals surface area (Å²) in [5.41, 5.74) is 0.785. The van der Waals surface area contributed by atoms with Crippen molar-refractivity contribution in [1.29, 1.82) is 0 Å². The number of carbonyl (C=O) groups is 1. The number of benzene rings is 1. The molecule has 4 heteroatoms. The maximum absolute atomic E-state index is 12.5. The normalized spacial score (nSPS) is 18.0. The summed E-state index contributed by atoms with van der Waals surface area (Å²) in [4.78, 5) is 14.7. The number of rotatable bonds is 5. The topological polar surface area (TPSA) is 29.5 Å². The molecule has 0 bridgehead atoms. The summed E-state index contributed by atoms with van der Waals surface area (Å²) in [6, 6.07) is 7.61. The van der Waals surface area contributed by atoms with Gasteiger partial charge < -0.3 is 4.43 Å². The number of hydrogen-bond donors (Lipinski definition) is 0. The Balaban J connectivity index is 2.03. The number of carbonyl (C=O) groups excluding carboxylic acids is 1. The molecule has 0 spiro atoms. The Morgan fingerprint density at radius 2 is 1.70 bits per heavy atom. The first-order valence-electron chi connectivity index (χ1n) is 7.44. The molecule has 1 aromatic rings. The van der Waals surface area contributed by atoms with Gasteiger partial charge in [-0.2, -0.15) is 0 Å². The van der Waals surface area contributed by atoms with Crippen LogP contribution in [-0.2, 0) is 0 Å². The molecule has 0 radical (unpaired) electrons. The standard InChI is InChI=1S/C16H25NO2Si/c1-13(17-11-5-6-12-17)16(18)14-7-9-15(10-8-14)19-20(2,3)4/h7-10,13H,5-6,11-12H2,1-4H3. The van der Waals surface area contributed by atoms with Gasteiger partial charge in [-0.05, 0) is 76.8 Å². The second-order valence-electron chi connectivity index (χ2n) is 6.52. The summed E-state index contributed by atoms with van der Waals surface area (Å²) in [5.74, 6) is 1.08. The summed E-state index contributed by atoms with van der Waals surface area (Å²) in [5, 5.41) is 0. The van der Waals surface area contributed by atoms with Crippen molar-refractivity contribution < 1.29 is 9.22 Å². The van der Waals surface area contributed by atoms with Crippen LogP contribution in [0.5, 0.6) is 5.75 Å². The van der Waals surface area contributed by atoms with Gasteiger partial charge in [-0.1, -0.05) is 0 Å². The third-order valence-electron chi connectivity index (χ3n) is 3.63. The molecule has 0 amide bonds. The molecule has 1 unspecified atom stereocenters. The zero-order valence-corrected chi connectivity index (χ0v) is 14.0. The predicted molar refractivity (Wildman–Crippen MR) is 85.0 cm³/mol. The minimum Gasteiger partial charge on any atom is -0.544 e. The van der Waals surface area contributed by atoms with E-state index in [1.165, 1.54) is 12.8 Å². The highest BCUT2D eigenvalue weighted by Crippen LogP contribution is 2.20. The highest BCUT2D eigenvalue weighted by molar-refractivity contribution is 6.70. The molecule has 1 fully saturated rings. The lowest BCUT2D eigenvalue weighted by Crippen LogP contribution is -2.36. The smallest absolute Gasteiger partial charge is 0.242 e. The van der Waals surface area contributed by atoms with Gasteiger partial charge in [0.05, 0.1) is 6.04 Å². The van der Waals surface area contributed by atoms with E-state index in [9.17, 15) is 4.79 Å². The van der Waals surface area contributed by atoms with Crippen molar-refractivity contribution in [3.63, 3.8) is 0 Å². The van der Waals surface area contributed by atoms with Crippen LogP contribution in [0.2, 0.25) is 19.6 Å². The van der Waals surface area contributed by atoms with Crippen molar-refractivity contribution in [2.75, 3.05) is 13.1 Å². The Morgan fingerprint density at radius 1 is 1.15 bits per heavy atom. The largest absolute Gasteiger partial charge is 0.544 e. The molecular formula is C16H25NO2Si. The van der Waals surface area contributed by atoms with Crippen molar-refractivity contribution >= 4 is 14.1 Å². The van der Waals surface area contributed by atoms with Crippen molar-refractivity contribution in [3.8, 4) is 5.75 Å². The molecule has 1 atom stereocenters. The third-order valence-corrected chi connectivity index (χ3v) is 4.48. The second-order valence-corrected chi connectivity index (χ2v) is 11.0. The molecule has 20 heavy (non-hydrogen) atoms. The molecule has 0 aliphatic carbocycles. The minimum atomic E-state index is -1.58. The Morgan fingerprint density at radius 3 is 2.20 bits per heavy atom. The monoisotopic (exact) mass is 291 g/mol. The average Bonchev–Trinajstić information content (AvgIpc) is 2.90. The van der Waals surface area contributed by atoms with E-state index in [0.717, 1.165) is 24.4 Å². The molecule has 1 aliphatic heterocycles. The minimum absolute atomic E-state index is 0.0127. The molecular weight excluding hydrogens is 266 g/mol. The van der Waals surface area contributed by atoms with Crippen LogP contribution in [-0.4, -0.2) is 38.1 Å². The Kier molecular flexibility index (Phi) is 4.65. The molecule has 0 N–H and O–H groups in total. The van der Waals surface area contributed by atoms with Gasteiger partial charge in [0.15, 0.2) is 5.78 Å². The maximum atomic E-state index is 12.5. The summed E-state index contributed by atoms with van der Waals surface area (Å²) in [7, 11) is -1.58. The molecule has 110 valence electrons. The van der Waals surface area contributed by atoms with Crippen molar-refractivity contribution in [2.24, 2.45) is 0 Å². The lowest BCUT2D eigenvalue weighted by atomic mass is 10.0. The van der Waals surface area contributed by atoms with E-state index >= 15 is 0 Å². The Hall–Kier alpha value is -1.13. The molecule has 1 aliphatic rings. The van der Waals surface area contributed by atoms with Crippen LogP contribution >= 0.6 is 0 Å². The number of hydrogen-bond acceptors (Lipinski definition) is 3. The van der Waals surface area contributed by atoms with Gasteiger partial charge in [0.1, 0.15) is 5.75 Å². The van der Waals surface area contributed by atoms with E-state index in [1.54, 1.807) is 0 Å². The van der Waals surface area contributed by atoms with E-state index in [1.807, 2.05) is 31.2 Å². The molecule has 1 saturated heterocycles. The summed E-state index contributed by atoms with van der Waals surface area (Å²) >= 11 is 0. The molecule has 1 aromatic carbocycles. The van der Waals surface area contributed by atoms with Gasteiger partial charge in [-0.3, -0.25) is 9.69 Å². The van der Waals surface area contributed by atoms with Gasteiger partial charge in [0.2, 0.25) is 8.32 Å². The Bertz CT molecular complexity index is 458. The van der Waals surface area contributed by atoms with Crippen molar-refractivity contribution in [2.45, 2.75) is 45.4 Å². The first-order chi connectivity index (χ1) is 9.37. The van der Waals surface area contributed by atoms with Crippen molar-refractivity contribution in [1.82, 2.24) is 4.90 Å². The molecule has 3 nitrogen and oxygen atoms in total. The molecule has 1 heterocycles. The number of ketones is 1. The molecule has 0 aromatic heterocycles. The predicted octanol–water partition coefficient (Wildman–Crippen LogP) is 3.57.